The topological polar surface area (TPSA) is 38.3 Å². The maximum atomic E-state index is 11.9. The predicted octanol–water partition coefficient (Wildman–Crippen LogP) is 3.72. The first kappa shape index (κ1) is 14.3. The fourth-order valence-corrected chi connectivity index (χ4v) is 4.15. The summed E-state index contributed by atoms with van der Waals surface area (Å²) in [6, 6.07) is 15.2. The third kappa shape index (κ3) is 2.31. The van der Waals surface area contributed by atoms with Crippen molar-refractivity contribution < 1.29 is 9.53 Å². The predicted molar refractivity (Wildman–Crippen MR) is 89.6 cm³/mol. The van der Waals surface area contributed by atoms with E-state index in [4.69, 9.17) is 4.74 Å². The van der Waals surface area contributed by atoms with Crippen molar-refractivity contribution in [1.82, 2.24) is 5.32 Å². The summed E-state index contributed by atoms with van der Waals surface area (Å²) < 4.78 is 5.43. The number of hydrogen-bond donors (Lipinski definition) is 1. The first-order valence-electron chi connectivity index (χ1n) is 8.21. The summed E-state index contributed by atoms with van der Waals surface area (Å²) in [6.07, 6.45) is 1.56. The fourth-order valence-electron chi connectivity index (χ4n) is 4.15. The molecule has 1 aliphatic carbocycles. The Balaban J connectivity index is 1.84. The molecule has 23 heavy (non-hydrogen) atoms. The van der Waals surface area contributed by atoms with Gasteiger partial charge in [-0.2, -0.15) is 0 Å². The van der Waals surface area contributed by atoms with Crippen LogP contribution in [0, 0.1) is 12.8 Å². The van der Waals surface area contributed by atoms with Crippen LogP contribution >= 0.6 is 0 Å². The first-order chi connectivity index (χ1) is 11.2. The van der Waals surface area contributed by atoms with Gasteiger partial charge in [0, 0.05) is 12.3 Å². The van der Waals surface area contributed by atoms with Crippen LogP contribution < -0.4 is 10.1 Å². The third-order valence-electron chi connectivity index (χ3n) is 5.28. The van der Waals surface area contributed by atoms with E-state index in [1.54, 1.807) is 7.11 Å². The highest BCUT2D eigenvalue weighted by atomic mass is 16.5. The van der Waals surface area contributed by atoms with Crippen LogP contribution in [0.3, 0.4) is 0 Å². The highest BCUT2D eigenvalue weighted by molar-refractivity contribution is 5.78. The van der Waals surface area contributed by atoms with Gasteiger partial charge in [-0.25, -0.2) is 0 Å². The van der Waals surface area contributed by atoms with E-state index < -0.39 is 0 Å². The molecule has 2 aliphatic rings. The Morgan fingerprint density at radius 2 is 1.87 bits per heavy atom. The van der Waals surface area contributed by atoms with E-state index in [0.717, 1.165) is 12.2 Å². The maximum Gasteiger partial charge on any atom is 0.220 e. The molecule has 1 amide bonds. The number of carbonyl (C=O) groups excluding carboxylic acids is 1. The number of fused-ring (bicyclic) bond motifs is 3. The zero-order valence-corrected chi connectivity index (χ0v) is 13.5. The van der Waals surface area contributed by atoms with Crippen molar-refractivity contribution >= 4 is 5.91 Å². The molecule has 2 aromatic carbocycles. The van der Waals surface area contributed by atoms with E-state index in [1.807, 2.05) is 6.07 Å². The second-order valence-corrected chi connectivity index (χ2v) is 6.63. The molecule has 1 saturated heterocycles. The summed E-state index contributed by atoms with van der Waals surface area (Å²) in [6.45, 7) is 2.11. The molecule has 1 N–H and O–H groups in total. The van der Waals surface area contributed by atoms with Crippen LogP contribution in [0.15, 0.2) is 42.5 Å². The summed E-state index contributed by atoms with van der Waals surface area (Å²) in [5.41, 5.74) is 5.14. The molecule has 3 atom stereocenters. The number of rotatable bonds is 2. The number of hydrogen-bond acceptors (Lipinski definition) is 2. The Morgan fingerprint density at radius 3 is 2.61 bits per heavy atom. The Hall–Kier alpha value is -2.29. The van der Waals surface area contributed by atoms with Gasteiger partial charge in [-0.1, -0.05) is 35.9 Å². The highest BCUT2D eigenvalue weighted by Crippen LogP contribution is 2.52. The number of piperidine rings is 1. The number of ether oxygens (including phenoxy) is 1. The van der Waals surface area contributed by atoms with Gasteiger partial charge in [0.05, 0.1) is 13.2 Å². The van der Waals surface area contributed by atoms with Crippen LogP contribution in [0.4, 0.5) is 0 Å². The maximum absolute atomic E-state index is 11.9. The molecule has 2 aromatic rings. The Bertz CT molecular complexity index is 751. The lowest BCUT2D eigenvalue weighted by atomic mass is 9.80. The number of amides is 1. The normalized spacial score (nSPS) is 25.5. The zero-order chi connectivity index (χ0) is 16.0. The molecule has 0 spiro atoms. The van der Waals surface area contributed by atoms with Crippen LogP contribution in [0.5, 0.6) is 5.75 Å². The molecular formula is C20H21NO2. The summed E-state index contributed by atoms with van der Waals surface area (Å²) >= 11 is 0. The molecule has 0 radical (unpaired) electrons. The molecule has 0 bridgehead atoms. The fraction of sp³-hybridized carbons (Fsp3) is 0.350. The Kier molecular flexibility index (Phi) is 3.37. The largest absolute Gasteiger partial charge is 0.497 e. The second kappa shape index (κ2) is 5.41. The smallest absolute Gasteiger partial charge is 0.220 e. The number of benzene rings is 2. The van der Waals surface area contributed by atoms with Gasteiger partial charge in [-0.05, 0) is 48.1 Å². The molecule has 3 nitrogen and oxygen atoms in total. The number of methoxy groups -OCH3 is 1. The van der Waals surface area contributed by atoms with Gasteiger partial charge in [-0.3, -0.25) is 4.79 Å². The number of nitrogens with one attached hydrogen (secondary N) is 1. The zero-order valence-electron chi connectivity index (χ0n) is 13.5. The van der Waals surface area contributed by atoms with Crippen molar-refractivity contribution in [2.45, 2.75) is 31.7 Å². The van der Waals surface area contributed by atoms with Gasteiger partial charge in [-0.15, -0.1) is 0 Å². The average molecular weight is 307 g/mol. The Labute approximate surface area is 136 Å². The molecule has 3 heteroatoms. The number of aryl methyl sites for hydroxylation is 1. The van der Waals surface area contributed by atoms with Crippen LogP contribution in [0.2, 0.25) is 0 Å². The van der Waals surface area contributed by atoms with E-state index in [2.05, 4.69) is 48.6 Å². The minimum absolute atomic E-state index is 0.128. The van der Waals surface area contributed by atoms with Gasteiger partial charge in [0.25, 0.3) is 0 Å². The number of carbonyl (C=O) groups is 1. The van der Waals surface area contributed by atoms with Gasteiger partial charge in [0.15, 0.2) is 0 Å². The Morgan fingerprint density at radius 1 is 1.09 bits per heavy atom. The molecule has 1 aliphatic heterocycles. The minimum Gasteiger partial charge on any atom is -0.497 e. The van der Waals surface area contributed by atoms with E-state index in [-0.39, 0.29) is 11.9 Å². The lowest BCUT2D eigenvalue weighted by molar-refractivity contribution is -0.124. The van der Waals surface area contributed by atoms with Gasteiger partial charge in [0.1, 0.15) is 5.75 Å². The summed E-state index contributed by atoms with van der Waals surface area (Å²) in [5.74, 6) is 1.80. The molecule has 118 valence electrons. The van der Waals surface area contributed by atoms with Gasteiger partial charge in [0.2, 0.25) is 5.91 Å². The molecule has 0 saturated carbocycles. The van der Waals surface area contributed by atoms with Crippen molar-refractivity contribution in [3.63, 3.8) is 0 Å². The highest BCUT2D eigenvalue weighted by Gasteiger charge is 2.44. The second-order valence-electron chi connectivity index (χ2n) is 6.63. The van der Waals surface area contributed by atoms with Crippen LogP contribution in [-0.2, 0) is 4.79 Å². The monoisotopic (exact) mass is 307 g/mol. The molecular weight excluding hydrogens is 286 g/mol. The van der Waals surface area contributed by atoms with Crippen LogP contribution in [0.25, 0.3) is 0 Å². The van der Waals surface area contributed by atoms with Crippen molar-refractivity contribution in [3.8, 4) is 5.75 Å². The lowest BCUT2D eigenvalue weighted by Gasteiger charge is -2.30. The lowest BCUT2D eigenvalue weighted by Crippen LogP contribution is -2.37. The SMILES string of the molecule is COc1ccc2c(c1)[C@H](c1ccc(C)cc1)[C@@H]1CCC(=O)N[C@H]21. The molecule has 1 fully saturated rings. The molecule has 1 heterocycles. The van der Waals surface area contributed by atoms with Crippen molar-refractivity contribution in [2.24, 2.45) is 5.92 Å². The first-order valence-corrected chi connectivity index (χ1v) is 8.21. The van der Waals surface area contributed by atoms with Crippen LogP contribution in [0.1, 0.15) is 47.1 Å². The van der Waals surface area contributed by atoms with Gasteiger partial charge >= 0.3 is 0 Å². The van der Waals surface area contributed by atoms with Crippen molar-refractivity contribution in [3.05, 3.63) is 64.7 Å². The quantitative estimate of drug-likeness (QED) is 0.918. The molecule has 4 rings (SSSR count). The minimum atomic E-state index is 0.128. The van der Waals surface area contributed by atoms with E-state index in [9.17, 15) is 4.79 Å². The van der Waals surface area contributed by atoms with E-state index in [1.165, 1.54) is 22.3 Å². The van der Waals surface area contributed by atoms with E-state index >= 15 is 0 Å². The summed E-state index contributed by atoms with van der Waals surface area (Å²) in [4.78, 5) is 11.9. The van der Waals surface area contributed by atoms with Gasteiger partial charge < -0.3 is 10.1 Å². The molecule has 0 aromatic heterocycles. The third-order valence-corrected chi connectivity index (χ3v) is 5.28. The summed E-state index contributed by atoms with van der Waals surface area (Å²) in [5, 5.41) is 3.20. The summed E-state index contributed by atoms with van der Waals surface area (Å²) in [7, 11) is 1.70. The standard InChI is InChI=1S/C20H21NO2/c1-12-3-5-13(6-4-12)19-16-9-10-18(22)21-20(16)15-8-7-14(23-2)11-17(15)19/h3-8,11,16,19-20H,9-10H2,1-2H3,(H,21,22)/t16-,19+,20+/m0/s1. The van der Waals surface area contributed by atoms with E-state index in [0.29, 0.717) is 18.3 Å². The average Bonchev–Trinajstić information content (AvgIpc) is 2.88. The van der Waals surface area contributed by atoms with Crippen molar-refractivity contribution in [1.29, 1.82) is 0 Å². The molecule has 0 unspecified atom stereocenters. The van der Waals surface area contributed by atoms with Crippen molar-refractivity contribution in [2.75, 3.05) is 7.11 Å². The van der Waals surface area contributed by atoms with Crippen LogP contribution in [-0.4, -0.2) is 13.0 Å².